The molecule has 2 rings (SSSR count). The largest absolute Gasteiger partial charge is 0.503 e. The summed E-state index contributed by atoms with van der Waals surface area (Å²) in [5, 5.41) is 14.9. The lowest BCUT2D eigenvalue weighted by molar-refractivity contribution is 0.395. The van der Waals surface area contributed by atoms with E-state index in [1.54, 1.807) is 11.3 Å². The van der Waals surface area contributed by atoms with Crippen LogP contribution in [0.3, 0.4) is 0 Å². The normalized spacial score (nSPS) is 10.8. The highest BCUT2D eigenvalue weighted by Crippen LogP contribution is 2.21. The third-order valence-corrected chi connectivity index (χ3v) is 3.20. The zero-order valence-corrected chi connectivity index (χ0v) is 10.5. The van der Waals surface area contributed by atoms with Gasteiger partial charge < -0.3 is 10.4 Å². The average Bonchev–Trinajstić information content (AvgIpc) is 2.72. The first-order valence-corrected chi connectivity index (χ1v) is 6.23. The fourth-order valence-corrected chi connectivity index (χ4v) is 2.16. The minimum absolute atomic E-state index is 0.310. The third kappa shape index (κ3) is 3.02. The minimum atomic E-state index is -0.948. The van der Waals surface area contributed by atoms with Crippen LogP contribution < -0.4 is 5.32 Å². The SMILES string of the molecule is Cc1nc(CNCc2cc(F)c(O)c(F)c2)cs1. The molecule has 0 fully saturated rings. The van der Waals surface area contributed by atoms with Gasteiger partial charge in [0.15, 0.2) is 17.4 Å². The number of phenols is 1. The van der Waals surface area contributed by atoms with Crippen LogP contribution >= 0.6 is 11.3 Å². The fraction of sp³-hybridized carbons (Fsp3) is 0.250. The summed E-state index contributed by atoms with van der Waals surface area (Å²) < 4.78 is 26.1. The van der Waals surface area contributed by atoms with Gasteiger partial charge in [0, 0.05) is 18.5 Å². The van der Waals surface area contributed by atoms with E-state index < -0.39 is 17.4 Å². The van der Waals surface area contributed by atoms with Gasteiger partial charge in [-0.1, -0.05) is 0 Å². The second-order valence-corrected chi connectivity index (χ2v) is 4.93. The van der Waals surface area contributed by atoms with Crippen molar-refractivity contribution in [1.82, 2.24) is 10.3 Å². The Bertz CT molecular complexity index is 534. The molecule has 6 heteroatoms. The maximum Gasteiger partial charge on any atom is 0.187 e. The maximum atomic E-state index is 13.1. The number of rotatable bonds is 4. The first-order valence-electron chi connectivity index (χ1n) is 5.35. The van der Waals surface area contributed by atoms with Gasteiger partial charge in [-0.3, -0.25) is 0 Å². The molecule has 1 aromatic carbocycles. The van der Waals surface area contributed by atoms with E-state index in [0.29, 0.717) is 18.7 Å². The number of hydrogen-bond donors (Lipinski definition) is 2. The molecule has 0 bridgehead atoms. The van der Waals surface area contributed by atoms with Crippen LogP contribution in [-0.2, 0) is 13.1 Å². The highest BCUT2D eigenvalue weighted by Gasteiger charge is 2.09. The summed E-state index contributed by atoms with van der Waals surface area (Å²) in [6, 6.07) is 2.22. The molecule has 1 heterocycles. The van der Waals surface area contributed by atoms with Crippen LogP contribution in [0.1, 0.15) is 16.3 Å². The lowest BCUT2D eigenvalue weighted by atomic mass is 10.2. The van der Waals surface area contributed by atoms with Crippen molar-refractivity contribution in [1.29, 1.82) is 0 Å². The quantitative estimate of drug-likeness (QED) is 0.898. The van der Waals surface area contributed by atoms with E-state index in [-0.39, 0.29) is 0 Å². The van der Waals surface area contributed by atoms with Gasteiger partial charge in [0.2, 0.25) is 0 Å². The number of nitrogens with zero attached hydrogens (tertiary/aromatic N) is 1. The molecule has 0 spiro atoms. The van der Waals surface area contributed by atoms with Crippen LogP contribution in [-0.4, -0.2) is 10.1 Å². The Balaban J connectivity index is 1.94. The molecular weight excluding hydrogens is 258 g/mol. The molecule has 0 saturated heterocycles. The van der Waals surface area contributed by atoms with Crippen molar-refractivity contribution in [3.63, 3.8) is 0 Å². The van der Waals surface area contributed by atoms with Crippen LogP contribution in [0.15, 0.2) is 17.5 Å². The molecule has 96 valence electrons. The van der Waals surface area contributed by atoms with E-state index in [2.05, 4.69) is 10.3 Å². The van der Waals surface area contributed by atoms with Gasteiger partial charge in [0.1, 0.15) is 0 Å². The van der Waals surface area contributed by atoms with Gasteiger partial charge in [-0.2, -0.15) is 0 Å². The summed E-state index contributed by atoms with van der Waals surface area (Å²) >= 11 is 1.55. The topological polar surface area (TPSA) is 45.2 Å². The van der Waals surface area contributed by atoms with Crippen LogP contribution in [0, 0.1) is 18.6 Å². The third-order valence-electron chi connectivity index (χ3n) is 2.38. The highest BCUT2D eigenvalue weighted by molar-refractivity contribution is 7.09. The summed E-state index contributed by atoms with van der Waals surface area (Å²) in [6.07, 6.45) is 0. The van der Waals surface area contributed by atoms with E-state index in [1.165, 1.54) is 0 Å². The van der Waals surface area contributed by atoms with Crippen LogP contribution in [0.2, 0.25) is 0 Å². The molecular formula is C12H12F2N2OS. The van der Waals surface area contributed by atoms with E-state index in [4.69, 9.17) is 5.11 Å². The molecule has 18 heavy (non-hydrogen) atoms. The Kier molecular flexibility index (Phi) is 3.88. The molecule has 0 atom stereocenters. The summed E-state index contributed by atoms with van der Waals surface area (Å²) in [5.41, 5.74) is 1.34. The number of aromatic nitrogens is 1. The van der Waals surface area contributed by atoms with Crippen molar-refractivity contribution in [3.05, 3.63) is 45.4 Å². The number of phenolic OH excluding ortho intramolecular Hbond substituents is 1. The van der Waals surface area contributed by atoms with Gasteiger partial charge in [0.25, 0.3) is 0 Å². The van der Waals surface area contributed by atoms with Crippen molar-refractivity contribution < 1.29 is 13.9 Å². The lowest BCUT2D eigenvalue weighted by Crippen LogP contribution is -2.13. The Hall–Kier alpha value is -1.53. The Labute approximate surface area is 107 Å². The van der Waals surface area contributed by atoms with E-state index >= 15 is 0 Å². The average molecular weight is 270 g/mol. The number of halogens is 2. The molecule has 0 saturated carbocycles. The molecule has 0 aliphatic heterocycles. The van der Waals surface area contributed by atoms with Crippen LogP contribution in [0.25, 0.3) is 0 Å². The standard InChI is InChI=1S/C12H12F2N2OS/c1-7-16-9(6-18-7)5-15-4-8-2-10(13)12(17)11(14)3-8/h2-3,6,15,17H,4-5H2,1H3. The van der Waals surface area contributed by atoms with Gasteiger partial charge in [-0.05, 0) is 24.6 Å². The molecule has 0 unspecified atom stereocenters. The molecule has 3 nitrogen and oxygen atoms in total. The molecule has 2 N–H and O–H groups in total. The summed E-state index contributed by atoms with van der Waals surface area (Å²) in [5.74, 6) is -2.83. The van der Waals surface area contributed by atoms with Crippen LogP contribution in [0.4, 0.5) is 8.78 Å². The maximum absolute atomic E-state index is 13.1. The Morgan fingerprint density at radius 2 is 1.94 bits per heavy atom. The number of nitrogens with one attached hydrogen (secondary N) is 1. The minimum Gasteiger partial charge on any atom is -0.503 e. The van der Waals surface area contributed by atoms with Crippen LogP contribution in [0.5, 0.6) is 5.75 Å². The molecule has 1 aromatic heterocycles. The van der Waals surface area contributed by atoms with Gasteiger partial charge in [-0.15, -0.1) is 11.3 Å². The van der Waals surface area contributed by atoms with Crippen molar-refractivity contribution in [3.8, 4) is 5.75 Å². The monoisotopic (exact) mass is 270 g/mol. The molecule has 0 aliphatic rings. The van der Waals surface area contributed by atoms with E-state index in [0.717, 1.165) is 22.8 Å². The second kappa shape index (κ2) is 5.41. The smallest absolute Gasteiger partial charge is 0.187 e. The van der Waals surface area contributed by atoms with Gasteiger partial charge in [0.05, 0.1) is 10.7 Å². The summed E-state index contributed by atoms with van der Waals surface area (Å²) in [7, 11) is 0. The first kappa shape index (κ1) is 12.9. The zero-order chi connectivity index (χ0) is 13.1. The summed E-state index contributed by atoms with van der Waals surface area (Å²) in [6.45, 7) is 2.76. The second-order valence-electron chi connectivity index (χ2n) is 3.87. The molecule has 0 aliphatic carbocycles. The number of hydrogen-bond acceptors (Lipinski definition) is 4. The van der Waals surface area contributed by atoms with Crippen molar-refractivity contribution in [2.75, 3.05) is 0 Å². The number of aryl methyl sites for hydroxylation is 1. The zero-order valence-electron chi connectivity index (χ0n) is 9.70. The predicted molar refractivity (Wildman–Crippen MR) is 65.4 cm³/mol. The number of thiazole rings is 1. The molecule has 0 amide bonds. The summed E-state index contributed by atoms with van der Waals surface area (Å²) in [4.78, 5) is 4.26. The van der Waals surface area contributed by atoms with Crippen molar-refractivity contribution >= 4 is 11.3 Å². The Morgan fingerprint density at radius 1 is 1.28 bits per heavy atom. The molecule has 2 aromatic rings. The van der Waals surface area contributed by atoms with Gasteiger partial charge >= 0.3 is 0 Å². The number of benzene rings is 1. The first-order chi connectivity index (χ1) is 8.56. The van der Waals surface area contributed by atoms with E-state index in [9.17, 15) is 8.78 Å². The van der Waals surface area contributed by atoms with E-state index in [1.807, 2.05) is 12.3 Å². The fourth-order valence-electron chi connectivity index (χ4n) is 1.54. The number of aromatic hydroxyl groups is 1. The van der Waals surface area contributed by atoms with Crippen molar-refractivity contribution in [2.24, 2.45) is 0 Å². The highest BCUT2D eigenvalue weighted by atomic mass is 32.1. The van der Waals surface area contributed by atoms with Gasteiger partial charge in [-0.25, -0.2) is 13.8 Å². The lowest BCUT2D eigenvalue weighted by Gasteiger charge is -2.05. The molecule has 0 radical (unpaired) electrons. The predicted octanol–water partition coefficient (Wildman–Crippen LogP) is 2.73. The Morgan fingerprint density at radius 3 is 2.50 bits per heavy atom. The van der Waals surface area contributed by atoms with Crippen molar-refractivity contribution in [2.45, 2.75) is 20.0 Å².